The van der Waals surface area contributed by atoms with Gasteiger partial charge in [0.05, 0.1) is 35.0 Å². The zero-order chi connectivity index (χ0) is 26.5. The fourth-order valence-electron chi connectivity index (χ4n) is 3.41. The number of aryl methyl sites for hydroxylation is 3. The molecule has 12 heteroatoms. The van der Waals surface area contributed by atoms with E-state index in [1.807, 2.05) is 19.9 Å². The highest BCUT2D eigenvalue weighted by Crippen LogP contribution is 2.33. The molecule has 0 aliphatic heterocycles. The number of nitrogens with one attached hydrogen (secondary N) is 3. The summed E-state index contributed by atoms with van der Waals surface area (Å²) in [4.78, 5) is 30.9. The number of anilines is 5. The first-order chi connectivity index (χ1) is 17.0. The van der Waals surface area contributed by atoms with Crippen LogP contribution in [0.15, 0.2) is 36.5 Å². The second kappa shape index (κ2) is 11.3. The number of nitrogens with zero attached hydrogens (tertiary/aromatic N) is 4. The summed E-state index contributed by atoms with van der Waals surface area (Å²) < 4.78 is 26.4. The molecule has 0 radical (unpaired) electrons. The Morgan fingerprint density at radius 3 is 2.42 bits per heavy atom. The monoisotopic (exact) mass is 513 g/mol. The van der Waals surface area contributed by atoms with E-state index in [0.29, 0.717) is 34.5 Å². The van der Waals surface area contributed by atoms with Crippen molar-refractivity contribution in [3.63, 3.8) is 0 Å². The van der Waals surface area contributed by atoms with Crippen molar-refractivity contribution >= 4 is 44.6 Å². The Labute approximate surface area is 211 Å². The number of rotatable bonds is 10. The summed E-state index contributed by atoms with van der Waals surface area (Å²) >= 11 is 0. The number of benzene rings is 1. The van der Waals surface area contributed by atoms with Gasteiger partial charge in [-0.15, -0.1) is 0 Å². The minimum atomic E-state index is -3.52. The average molecular weight is 514 g/mol. The third kappa shape index (κ3) is 6.46. The molecule has 2 heterocycles. The molecular formula is C24H31N7O4S. The lowest BCUT2D eigenvalue weighted by molar-refractivity contribution is 0.0365. The van der Waals surface area contributed by atoms with Crippen molar-refractivity contribution in [2.45, 2.75) is 34.6 Å². The predicted molar refractivity (Wildman–Crippen MR) is 140 cm³/mol. The highest BCUT2D eigenvalue weighted by molar-refractivity contribution is 7.92. The zero-order valence-corrected chi connectivity index (χ0v) is 22.0. The second-order valence-electron chi connectivity index (χ2n) is 8.06. The van der Waals surface area contributed by atoms with Gasteiger partial charge in [-0.05, 0) is 52.3 Å². The van der Waals surface area contributed by atoms with E-state index in [4.69, 9.17) is 4.84 Å². The van der Waals surface area contributed by atoms with Crippen LogP contribution in [0.3, 0.4) is 0 Å². The van der Waals surface area contributed by atoms with Crippen molar-refractivity contribution in [2.24, 2.45) is 0 Å². The number of hydroxylamine groups is 1. The highest BCUT2D eigenvalue weighted by atomic mass is 32.2. The molecule has 2 aromatic heterocycles. The fraction of sp³-hybridized carbons (Fsp3) is 0.333. The minimum Gasteiger partial charge on any atom is -0.353 e. The maximum absolute atomic E-state index is 12.8. The SMILES string of the molecule is CCONC(=O)c1cnc(Nc2cc(C)nc(C)n2)cc1Nc1ccc(C)cc1N(C)S(=O)(=O)CC. The summed E-state index contributed by atoms with van der Waals surface area (Å²) in [6.07, 6.45) is 1.40. The van der Waals surface area contributed by atoms with Crippen molar-refractivity contribution in [3.8, 4) is 0 Å². The van der Waals surface area contributed by atoms with Gasteiger partial charge in [0.15, 0.2) is 0 Å². The lowest BCUT2D eigenvalue weighted by Crippen LogP contribution is -2.29. The Kier molecular flexibility index (Phi) is 8.43. The molecule has 0 saturated carbocycles. The maximum Gasteiger partial charge on any atom is 0.278 e. The summed E-state index contributed by atoms with van der Waals surface area (Å²) in [6.45, 7) is 9.15. The first-order valence-corrected chi connectivity index (χ1v) is 13.0. The molecule has 0 atom stereocenters. The van der Waals surface area contributed by atoms with Crippen LogP contribution in [-0.4, -0.2) is 48.7 Å². The summed E-state index contributed by atoms with van der Waals surface area (Å²) in [6, 6.07) is 8.81. The van der Waals surface area contributed by atoms with Crippen molar-refractivity contribution in [1.82, 2.24) is 20.4 Å². The van der Waals surface area contributed by atoms with Gasteiger partial charge in [0.25, 0.3) is 5.91 Å². The van der Waals surface area contributed by atoms with Crippen LogP contribution in [0.4, 0.5) is 28.7 Å². The van der Waals surface area contributed by atoms with Gasteiger partial charge >= 0.3 is 0 Å². The van der Waals surface area contributed by atoms with Gasteiger partial charge in [-0.2, -0.15) is 0 Å². The molecular weight excluding hydrogens is 482 g/mol. The standard InChI is InChI=1S/C24H31N7O4S/c1-7-35-30-24(32)18-14-25-22(29-23-12-16(4)26-17(5)27-23)13-20(18)28-19-10-9-15(3)11-21(19)31(6)36(33,34)8-2/h9-14H,7-8H2,1-6H3,(H,30,32)(H2,25,26,27,28,29). The van der Waals surface area contributed by atoms with Gasteiger partial charge in [-0.25, -0.2) is 28.8 Å². The molecule has 11 nitrogen and oxygen atoms in total. The molecule has 36 heavy (non-hydrogen) atoms. The van der Waals surface area contributed by atoms with E-state index in [-0.39, 0.29) is 17.9 Å². The summed E-state index contributed by atoms with van der Waals surface area (Å²) in [5, 5.41) is 6.35. The summed E-state index contributed by atoms with van der Waals surface area (Å²) in [5.41, 5.74) is 5.58. The van der Waals surface area contributed by atoms with Crippen LogP contribution in [0.5, 0.6) is 0 Å². The molecule has 0 fully saturated rings. The van der Waals surface area contributed by atoms with Gasteiger partial charge < -0.3 is 10.6 Å². The van der Waals surface area contributed by atoms with Crippen molar-refractivity contribution in [2.75, 3.05) is 34.3 Å². The minimum absolute atomic E-state index is 0.0556. The number of hydrogen-bond donors (Lipinski definition) is 3. The van der Waals surface area contributed by atoms with Crippen LogP contribution in [0.25, 0.3) is 0 Å². The molecule has 0 unspecified atom stereocenters. The fourth-order valence-corrected chi connectivity index (χ4v) is 4.25. The lowest BCUT2D eigenvalue weighted by Gasteiger charge is -2.23. The van der Waals surface area contributed by atoms with E-state index < -0.39 is 15.9 Å². The molecule has 3 N–H and O–H groups in total. The molecule has 192 valence electrons. The van der Waals surface area contributed by atoms with E-state index in [0.717, 1.165) is 11.3 Å². The average Bonchev–Trinajstić information content (AvgIpc) is 2.82. The van der Waals surface area contributed by atoms with Crippen LogP contribution in [-0.2, 0) is 14.9 Å². The molecule has 0 saturated heterocycles. The third-order valence-corrected chi connectivity index (χ3v) is 6.98. The number of hydrogen-bond acceptors (Lipinski definition) is 9. The Bertz CT molecular complexity index is 1340. The van der Waals surface area contributed by atoms with E-state index in [9.17, 15) is 13.2 Å². The highest BCUT2D eigenvalue weighted by Gasteiger charge is 2.21. The molecule has 0 aliphatic carbocycles. The number of carbonyl (C=O) groups is 1. The predicted octanol–water partition coefficient (Wildman–Crippen LogP) is 3.75. The molecule has 3 aromatic rings. The Morgan fingerprint density at radius 2 is 1.75 bits per heavy atom. The first kappa shape index (κ1) is 26.8. The molecule has 0 spiro atoms. The van der Waals surface area contributed by atoms with Crippen molar-refractivity contribution in [3.05, 3.63) is 59.2 Å². The molecule has 0 aliphatic rings. The number of sulfonamides is 1. The van der Waals surface area contributed by atoms with Gasteiger partial charge in [0, 0.05) is 31.1 Å². The van der Waals surface area contributed by atoms with Crippen LogP contribution >= 0.6 is 0 Å². The molecule has 1 aromatic carbocycles. The number of amides is 1. The summed E-state index contributed by atoms with van der Waals surface area (Å²) in [5.74, 6) is 1.02. The van der Waals surface area contributed by atoms with Gasteiger partial charge in [-0.3, -0.25) is 13.9 Å². The largest absolute Gasteiger partial charge is 0.353 e. The van der Waals surface area contributed by atoms with Gasteiger partial charge in [-0.1, -0.05) is 6.07 Å². The molecule has 0 bridgehead atoms. The van der Waals surface area contributed by atoms with Crippen LogP contribution in [0.1, 0.15) is 41.3 Å². The topological polar surface area (TPSA) is 138 Å². The van der Waals surface area contributed by atoms with Gasteiger partial charge in [0.2, 0.25) is 10.0 Å². The van der Waals surface area contributed by atoms with Crippen molar-refractivity contribution in [1.29, 1.82) is 0 Å². The third-order valence-electron chi connectivity index (χ3n) is 5.22. The zero-order valence-electron chi connectivity index (χ0n) is 21.2. The van der Waals surface area contributed by atoms with E-state index >= 15 is 0 Å². The van der Waals surface area contributed by atoms with Crippen LogP contribution < -0.4 is 20.4 Å². The van der Waals surface area contributed by atoms with E-state index in [2.05, 4.69) is 31.1 Å². The molecule has 1 amide bonds. The Morgan fingerprint density at radius 1 is 1.00 bits per heavy atom. The van der Waals surface area contributed by atoms with Crippen LogP contribution in [0.2, 0.25) is 0 Å². The van der Waals surface area contributed by atoms with E-state index in [1.165, 1.54) is 17.5 Å². The number of aromatic nitrogens is 3. The first-order valence-electron chi connectivity index (χ1n) is 11.4. The Balaban J connectivity index is 2.06. The van der Waals surface area contributed by atoms with Crippen molar-refractivity contribution < 1.29 is 18.0 Å². The number of pyridine rings is 1. The Hall–Kier alpha value is -3.77. The quantitative estimate of drug-likeness (QED) is 0.346. The lowest BCUT2D eigenvalue weighted by atomic mass is 10.1. The number of carbonyl (C=O) groups excluding carboxylic acids is 1. The smallest absolute Gasteiger partial charge is 0.278 e. The summed E-state index contributed by atoms with van der Waals surface area (Å²) in [7, 11) is -2.02. The van der Waals surface area contributed by atoms with E-state index in [1.54, 1.807) is 45.0 Å². The molecule has 3 rings (SSSR count). The normalized spacial score (nSPS) is 11.2. The van der Waals surface area contributed by atoms with Crippen LogP contribution in [0, 0.1) is 20.8 Å². The van der Waals surface area contributed by atoms with Gasteiger partial charge in [0.1, 0.15) is 17.5 Å². The second-order valence-corrected chi connectivity index (χ2v) is 10.3. The maximum atomic E-state index is 12.8.